The summed E-state index contributed by atoms with van der Waals surface area (Å²) in [6.07, 6.45) is 2.10. The molecule has 0 atom stereocenters. The Balaban J connectivity index is 0.00000392. The predicted molar refractivity (Wildman–Crippen MR) is 200 cm³/mol. The van der Waals surface area contributed by atoms with Gasteiger partial charge in [0.1, 0.15) is 11.3 Å². The molecular formula is C44H42N3O2Pt-. The minimum absolute atomic E-state index is 0. The Hall–Kier alpha value is -4.47. The van der Waals surface area contributed by atoms with E-state index in [1.165, 1.54) is 11.1 Å². The number of pyridine rings is 1. The van der Waals surface area contributed by atoms with Crippen LogP contribution < -0.4 is 0 Å². The summed E-state index contributed by atoms with van der Waals surface area (Å²) in [5.41, 5.74) is 11.0. The van der Waals surface area contributed by atoms with E-state index in [4.69, 9.17) is 14.4 Å². The second-order valence-electron chi connectivity index (χ2n) is 15.2. The number of benzene rings is 4. The number of fused-ring (bicyclic) bond motifs is 6. The maximum atomic E-state index is 11.2. The predicted octanol–water partition coefficient (Wildman–Crippen LogP) is 11.5. The first-order chi connectivity index (χ1) is 23.4. The Bertz CT molecular complexity index is 2400. The van der Waals surface area contributed by atoms with E-state index in [0.29, 0.717) is 11.8 Å². The van der Waals surface area contributed by atoms with Gasteiger partial charge in [0.2, 0.25) is 0 Å². The summed E-state index contributed by atoms with van der Waals surface area (Å²) in [4.78, 5) is 10.7. The second kappa shape index (κ2) is 12.1. The fourth-order valence-corrected chi connectivity index (χ4v) is 7.51. The van der Waals surface area contributed by atoms with Gasteiger partial charge >= 0.3 is 0 Å². The van der Waals surface area contributed by atoms with E-state index >= 15 is 0 Å². The largest absolute Gasteiger partial charge is 0.507 e. The first-order valence-corrected chi connectivity index (χ1v) is 17.3. The van der Waals surface area contributed by atoms with Crippen molar-refractivity contribution in [3.05, 3.63) is 119 Å². The number of rotatable bonds is 5. The molecule has 0 unspecified atom stereocenters. The third kappa shape index (κ3) is 5.08. The van der Waals surface area contributed by atoms with E-state index in [1.807, 2.05) is 36.4 Å². The molecule has 7 aromatic rings. The number of phenolic OH excluding ortho intramolecular Hbond substituents is 1. The van der Waals surface area contributed by atoms with Crippen molar-refractivity contribution in [1.82, 2.24) is 14.5 Å². The standard InChI is InChI=1S/C44H42N3O2.Pt/c1-25(2)27-21-28(26(3)4)23-29(22-27)47-24-35(46-42(47)31-14-11-18-38-39(31)30-13-9-10-17-37(30)49-38)34-20-19-33-41(45-34)40-32(15-12-16-36(40)48)43(5,6)44(33,7)8;/h9-13,15-26,48H,1-8H3;/q-1;. The summed E-state index contributed by atoms with van der Waals surface area (Å²) in [5, 5.41) is 13.3. The zero-order valence-electron chi connectivity index (χ0n) is 29.8. The van der Waals surface area contributed by atoms with Crippen molar-refractivity contribution < 1.29 is 30.6 Å². The van der Waals surface area contributed by atoms with Crippen LogP contribution in [0.1, 0.15) is 89.5 Å². The molecule has 8 rings (SSSR count). The molecule has 3 heterocycles. The molecule has 1 N–H and O–H groups in total. The number of para-hydroxylation sites is 1. The number of phenols is 1. The second-order valence-corrected chi connectivity index (χ2v) is 15.2. The van der Waals surface area contributed by atoms with Gasteiger partial charge in [-0.05, 0) is 75.2 Å². The zero-order chi connectivity index (χ0) is 34.4. The minimum atomic E-state index is -0.226. The average Bonchev–Trinajstić information content (AvgIpc) is 3.70. The monoisotopic (exact) mass is 839 g/mol. The van der Waals surface area contributed by atoms with E-state index in [-0.39, 0.29) is 37.6 Å². The van der Waals surface area contributed by atoms with E-state index in [0.717, 1.165) is 72.8 Å². The van der Waals surface area contributed by atoms with Gasteiger partial charge in [-0.15, -0.1) is 12.1 Å². The molecular weight excluding hydrogens is 798 g/mol. The Labute approximate surface area is 308 Å². The summed E-state index contributed by atoms with van der Waals surface area (Å²) >= 11 is 0. The number of hydrogen-bond acceptors (Lipinski definition) is 4. The van der Waals surface area contributed by atoms with Crippen LogP contribution in [0.5, 0.6) is 5.75 Å². The molecule has 3 aromatic heterocycles. The summed E-state index contributed by atoms with van der Waals surface area (Å²) in [7, 11) is 0. The van der Waals surface area contributed by atoms with Gasteiger partial charge in [0.25, 0.3) is 0 Å². The topological polar surface area (TPSA) is 64.1 Å². The molecule has 0 amide bonds. The molecule has 0 spiro atoms. The Morgan fingerprint density at radius 1 is 0.740 bits per heavy atom. The number of aromatic hydroxyl groups is 1. The molecule has 4 aromatic carbocycles. The maximum Gasteiger partial charge on any atom is 0.125 e. The first-order valence-electron chi connectivity index (χ1n) is 17.3. The van der Waals surface area contributed by atoms with Crippen molar-refractivity contribution in [2.45, 2.75) is 78.1 Å². The van der Waals surface area contributed by atoms with Gasteiger partial charge in [0.15, 0.2) is 0 Å². The van der Waals surface area contributed by atoms with Gasteiger partial charge in [-0.25, -0.2) is 4.98 Å². The van der Waals surface area contributed by atoms with E-state index in [9.17, 15) is 5.11 Å². The van der Waals surface area contributed by atoms with E-state index in [2.05, 4.69) is 115 Å². The Kier molecular flexibility index (Phi) is 8.22. The molecule has 0 aliphatic heterocycles. The fourth-order valence-electron chi connectivity index (χ4n) is 7.51. The minimum Gasteiger partial charge on any atom is -0.507 e. The SMILES string of the molecule is CC(C)c1cc(C(C)C)cc(-n2cc(-c3ccc4c(n3)-c3c(O)cccc3C(C)(C)C4(C)C)nc2-c2[c-]ccc3oc4ccccc4c23)c1.[Pt]. The van der Waals surface area contributed by atoms with Gasteiger partial charge in [0, 0.05) is 43.9 Å². The van der Waals surface area contributed by atoms with Gasteiger partial charge in [-0.2, -0.15) is 0 Å². The number of hydrogen-bond donors (Lipinski definition) is 1. The summed E-state index contributed by atoms with van der Waals surface area (Å²) in [6, 6.07) is 32.5. The number of aromatic nitrogens is 3. The average molecular weight is 840 g/mol. The molecule has 0 radical (unpaired) electrons. The van der Waals surface area contributed by atoms with Crippen molar-refractivity contribution in [2.75, 3.05) is 0 Å². The van der Waals surface area contributed by atoms with E-state index in [1.54, 1.807) is 6.07 Å². The number of furan rings is 1. The van der Waals surface area contributed by atoms with Crippen LogP contribution in [0.15, 0.2) is 95.5 Å². The Morgan fingerprint density at radius 2 is 1.44 bits per heavy atom. The van der Waals surface area contributed by atoms with Crippen molar-refractivity contribution in [2.24, 2.45) is 0 Å². The molecule has 0 bridgehead atoms. The molecule has 0 saturated heterocycles. The molecule has 256 valence electrons. The quantitative estimate of drug-likeness (QED) is 0.175. The van der Waals surface area contributed by atoms with Crippen LogP contribution in [0.4, 0.5) is 0 Å². The normalized spacial score (nSPS) is 14.6. The van der Waals surface area contributed by atoms with Crippen LogP contribution in [0.3, 0.4) is 0 Å². The third-order valence-corrected chi connectivity index (χ3v) is 11.2. The van der Waals surface area contributed by atoms with Crippen LogP contribution in [0.25, 0.3) is 61.7 Å². The van der Waals surface area contributed by atoms with Crippen LogP contribution in [-0.2, 0) is 31.9 Å². The third-order valence-electron chi connectivity index (χ3n) is 11.2. The molecule has 1 aliphatic carbocycles. The molecule has 0 saturated carbocycles. The molecule has 1 aliphatic rings. The summed E-state index contributed by atoms with van der Waals surface area (Å²) in [6.45, 7) is 18.0. The Morgan fingerprint density at radius 3 is 2.16 bits per heavy atom. The van der Waals surface area contributed by atoms with E-state index < -0.39 is 0 Å². The molecule has 5 nitrogen and oxygen atoms in total. The summed E-state index contributed by atoms with van der Waals surface area (Å²) in [5.74, 6) is 1.74. The van der Waals surface area contributed by atoms with Crippen molar-refractivity contribution in [1.29, 1.82) is 0 Å². The molecule has 0 fully saturated rings. The van der Waals surface area contributed by atoms with Crippen LogP contribution in [-0.4, -0.2) is 19.6 Å². The van der Waals surface area contributed by atoms with Crippen molar-refractivity contribution >= 4 is 21.9 Å². The smallest absolute Gasteiger partial charge is 0.125 e. The van der Waals surface area contributed by atoms with Crippen LogP contribution in [0, 0.1) is 6.07 Å². The van der Waals surface area contributed by atoms with Crippen LogP contribution >= 0.6 is 0 Å². The number of nitrogens with zero attached hydrogens (tertiary/aromatic N) is 3. The first kappa shape index (κ1) is 34.0. The molecule has 50 heavy (non-hydrogen) atoms. The fraction of sp³-hybridized carbons (Fsp3) is 0.273. The van der Waals surface area contributed by atoms with Gasteiger partial charge in [-0.1, -0.05) is 115 Å². The van der Waals surface area contributed by atoms with Crippen molar-refractivity contribution in [3.8, 4) is 45.5 Å². The molecule has 6 heteroatoms. The van der Waals surface area contributed by atoms with Crippen LogP contribution in [0.2, 0.25) is 0 Å². The van der Waals surface area contributed by atoms with Gasteiger partial charge < -0.3 is 14.1 Å². The van der Waals surface area contributed by atoms with Crippen molar-refractivity contribution in [3.63, 3.8) is 0 Å². The maximum absolute atomic E-state index is 11.2. The van der Waals surface area contributed by atoms with Gasteiger partial charge in [0.05, 0.1) is 28.5 Å². The number of imidazole rings is 1. The summed E-state index contributed by atoms with van der Waals surface area (Å²) < 4.78 is 8.50. The zero-order valence-corrected chi connectivity index (χ0v) is 32.1. The van der Waals surface area contributed by atoms with Gasteiger partial charge in [-0.3, -0.25) is 4.98 Å².